The van der Waals surface area contributed by atoms with Crippen LogP contribution in [-0.2, 0) is 21.8 Å². The summed E-state index contributed by atoms with van der Waals surface area (Å²) in [5.41, 5.74) is 2.79. The monoisotopic (exact) mass is 246 g/mol. The molecule has 0 N–H and O–H groups in total. The van der Waals surface area contributed by atoms with Gasteiger partial charge in [-0.15, -0.1) is 11.6 Å². The van der Waals surface area contributed by atoms with Crippen LogP contribution < -0.4 is 0 Å². The van der Waals surface area contributed by atoms with E-state index in [2.05, 4.69) is 4.74 Å². The van der Waals surface area contributed by atoms with E-state index in [-0.39, 0.29) is 12.4 Å². The van der Waals surface area contributed by atoms with Crippen molar-refractivity contribution in [1.29, 1.82) is 0 Å². The minimum absolute atomic E-state index is 0.193. The van der Waals surface area contributed by atoms with Crippen molar-refractivity contribution in [3.8, 4) is 0 Å². The summed E-state index contributed by atoms with van der Waals surface area (Å²) in [4.78, 5) is 11.1. The van der Waals surface area contributed by atoms with Gasteiger partial charge in [0.1, 0.15) is 0 Å². The molecule has 0 spiro atoms. The molecule has 0 heterocycles. The first kappa shape index (κ1) is 12.3. The molecule has 4 heteroatoms. The molecule has 82 valence electrons. The van der Waals surface area contributed by atoms with Crippen LogP contribution in [0.2, 0.25) is 5.02 Å². The van der Waals surface area contributed by atoms with Crippen molar-refractivity contribution in [3.63, 3.8) is 0 Å². The van der Waals surface area contributed by atoms with Crippen LogP contribution in [-0.4, -0.2) is 13.1 Å². The zero-order valence-electron chi connectivity index (χ0n) is 8.64. The van der Waals surface area contributed by atoms with Crippen LogP contribution in [0.25, 0.3) is 0 Å². The predicted molar refractivity (Wildman–Crippen MR) is 61.5 cm³/mol. The summed E-state index contributed by atoms with van der Waals surface area (Å²) in [5, 5.41) is 0.557. The number of carbonyl (C=O) groups is 1. The van der Waals surface area contributed by atoms with E-state index in [4.69, 9.17) is 23.2 Å². The summed E-state index contributed by atoms with van der Waals surface area (Å²) in [5.74, 6) is 0.124. The lowest BCUT2D eigenvalue weighted by Crippen LogP contribution is -2.05. The van der Waals surface area contributed by atoms with Gasteiger partial charge in [-0.1, -0.05) is 17.7 Å². The molecule has 0 aliphatic rings. The molecule has 15 heavy (non-hydrogen) atoms. The van der Waals surface area contributed by atoms with Crippen molar-refractivity contribution in [2.75, 3.05) is 7.11 Å². The van der Waals surface area contributed by atoms with Crippen LogP contribution in [0.4, 0.5) is 0 Å². The van der Waals surface area contributed by atoms with Crippen molar-refractivity contribution in [1.82, 2.24) is 0 Å². The molecular formula is C11H12Cl2O2. The molecule has 0 unspecified atom stereocenters. The maximum Gasteiger partial charge on any atom is 0.310 e. The third kappa shape index (κ3) is 3.11. The molecule has 0 radical (unpaired) electrons. The quantitative estimate of drug-likeness (QED) is 0.606. The number of methoxy groups -OCH3 is 1. The number of halogens is 2. The van der Waals surface area contributed by atoms with E-state index in [1.54, 1.807) is 6.07 Å². The molecule has 0 aromatic heterocycles. The van der Waals surface area contributed by atoms with Crippen molar-refractivity contribution in [3.05, 3.63) is 33.8 Å². The fraction of sp³-hybridized carbons (Fsp3) is 0.364. The Kier molecular flexibility index (Phi) is 4.43. The standard InChI is InChI=1S/C11H12Cl2O2/c1-7-3-8(5-11(14)15-2)10(13)4-9(7)6-12/h3-4H,5-6H2,1-2H3. The Morgan fingerprint density at radius 2 is 2.07 bits per heavy atom. The van der Waals surface area contributed by atoms with Crippen molar-refractivity contribution in [2.45, 2.75) is 19.2 Å². The highest BCUT2D eigenvalue weighted by Gasteiger charge is 2.09. The van der Waals surface area contributed by atoms with Gasteiger partial charge in [-0.05, 0) is 29.7 Å². The Morgan fingerprint density at radius 3 is 2.60 bits per heavy atom. The summed E-state index contributed by atoms with van der Waals surface area (Å²) in [6, 6.07) is 3.67. The minimum Gasteiger partial charge on any atom is -0.469 e. The van der Waals surface area contributed by atoms with Crippen LogP contribution in [0.1, 0.15) is 16.7 Å². The van der Waals surface area contributed by atoms with Crippen molar-refractivity contribution < 1.29 is 9.53 Å². The Morgan fingerprint density at radius 1 is 1.40 bits per heavy atom. The van der Waals surface area contributed by atoms with Crippen LogP contribution in [0.5, 0.6) is 0 Å². The zero-order chi connectivity index (χ0) is 11.4. The number of rotatable bonds is 3. The molecule has 0 saturated carbocycles. The first-order valence-corrected chi connectivity index (χ1v) is 5.40. The van der Waals surface area contributed by atoms with E-state index < -0.39 is 0 Å². The highest BCUT2D eigenvalue weighted by Crippen LogP contribution is 2.23. The first-order valence-electron chi connectivity index (χ1n) is 4.49. The number of hydrogen-bond acceptors (Lipinski definition) is 2. The van der Waals surface area contributed by atoms with E-state index in [9.17, 15) is 4.79 Å². The average molecular weight is 247 g/mol. The maximum atomic E-state index is 11.1. The number of alkyl halides is 1. The highest BCUT2D eigenvalue weighted by atomic mass is 35.5. The van der Waals surface area contributed by atoms with Gasteiger partial charge in [0.15, 0.2) is 0 Å². The number of aryl methyl sites for hydroxylation is 1. The van der Waals surface area contributed by atoms with E-state index >= 15 is 0 Å². The van der Waals surface area contributed by atoms with E-state index in [1.165, 1.54) is 7.11 Å². The molecule has 0 saturated heterocycles. The molecule has 0 atom stereocenters. The number of esters is 1. The summed E-state index contributed by atoms with van der Waals surface area (Å²) in [6.45, 7) is 1.94. The van der Waals surface area contributed by atoms with Crippen molar-refractivity contribution in [2.24, 2.45) is 0 Å². The zero-order valence-corrected chi connectivity index (χ0v) is 10.2. The van der Waals surface area contributed by atoms with Gasteiger partial charge in [0.05, 0.1) is 13.5 Å². The summed E-state index contributed by atoms with van der Waals surface area (Å²) in [6.07, 6.45) is 0.193. The second kappa shape index (κ2) is 5.38. The Bertz CT molecular complexity index is 375. The average Bonchev–Trinajstić information content (AvgIpc) is 2.22. The molecule has 0 bridgehead atoms. The fourth-order valence-corrected chi connectivity index (χ4v) is 1.83. The maximum absolute atomic E-state index is 11.1. The summed E-state index contributed by atoms with van der Waals surface area (Å²) < 4.78 is 4.58. The summed E-state index contributed by atoms with van der Waals surface area (Å²) >= 11 is 11.8. The van der Waals surface area contributed by atoms with Crippen LogP contribution in [0.15, 0.2) is 12.1 Å². The first-order chi connectivity index (χ1) is 7.08. The van der Waals surface area contributed by atoms with Crippen LogP contribution in [0, 0.1) is 6.92 Å². The molecular weight excluding hydrogens is 235 g/mol. The Hall–Kier alpha value is -0.730. The highest BCUT2D eigenvalue weighted by molar-refractivity contribution is 6.31. The second-order valence-electron chi connectivity index (χ2n) is 3.26. The van der Waals surface area contributed by atoms with Gasteiger partial charge in [0, 0.05) is 10.9 Å². The minimum atomic E-state index is -0.296. The van der Waals surface area contributed by atoms with Gasteiger partial charge >= 0.3 is 5.97 Å². The van der Waals surface area contributed by atoms with Gasteiger partial charge in [-0.2, -0.15) is 0 Å². The topological polar surface area (TPSA) is 26.3 Å². The Balaban J connectivity index is 3.00. The van der Waals surface area contributed by atoms with Gasteiger partial charge in [-0.25, -0.2) is 0 Å². The Labute approximate surface area is 99.1 Å². The number of ether oxygens (including phenoxy) is 1. The molecule has 0 aliphatic carbocycles. The van der Waals surface area contributed by atoms with Gasteiger partial charge in [0.25, 0.3) is 0 Å². The predicted octanol–water partition coefficient (Wildman–Crippen LogP) is 3.10. The normalized spacial score (nSPS) is 10.1. The van der Waals surface area contributed by atoms with Gasteiger partial charge < -0.3 is 4.74 Å². The van der Waals surface area contributed by atoms with E-state index in [1.807, 2.05) is 13.0 Å². The molecule has 2 nitrogen and oxygen atoms in total. The SMILES string of the molecule is COC(=O)Cc1cc(C)c(CCl)cc1Cl. The number of carbonyl (C=O) groups excluding carboxylic acids is 1. The molecule has 1 aromatic rings. The largest absolute Gasteiger partial charge is 0.469 e. The second-order valence-corrected chi connectivity index (χ2v) is 3.93. The molecule has 0 amide bonds. The third-order valence-corrected chi connectivity index (χ3v) is 2.85. The van der Waals surface area contributed by atoms with Crippen LogP contribution in [0.3, 0.4) is 0 Å². The number of benzene rings is 1. The van der Waals surface area contributed by atoms with E-state index in [0.29, 0.717) is 10.9 Å². The molecule has 0 aliphatic heterocycles. The third-order valence-electron chi connectivity index (χ3n) is 2.21. The van der Waals surface area contributed by atoms with E-state index in [0.717, 1.165) is 16.7 Å². The fourth-order valence-electron chi connectivity index (χ4n) is 1.29. The number of hydrogen-bond donors (Lipinski definition) is 0. The molecule has 1 rings (SSSR count). The van der Waals surface area contributed by atoms with Gasteiger partial charge in [-0.3, -0.25) is 4.79 Å². The lowest BCUT2D eigenvalue weighted by atomic mass is 10.0. The van der Waals surface area contributed by atoms with Crippen LogP contribution >= 0.6 is 23.2 Å². The summed E-state index contributed by atoms with van der Waals surface area (Å²) in [7, 11) is 1.36. The lowest BCUT2D eigenvalue weighted by Gasteiger charge is -2.08. The lowest BCUT2D eigenvalue weighted by molar-refractivity contribution is -0.139. The smallest absolute Gasteiger partial charge is 0.310 e. The van der Waals surface area contributed by atoms with Crippen molar-refractivity contribution >= 4 is 29.2 Å². The molecule has 0 fully saturated rings. The molecule has 1 aromatic carbocycles. The van der Waals surface area contributed by atoms with Gasteiger partial charge in [0.2, 0.25) is 0 Å².